The smallest absolute Gasteiger partial charge is 0.457 e. The highest BCUT2D eigenvalue weighted by atomic mass is 31.2. The first-order valence-electron chi connectivity index (χ1n) is 17.5. The number of carbonyl (C=O) groups excluding carboxylic acids is 1. The number of unbranched alkanes of at least 4 members (excludes halogenated alkanes) is 20. The number of phosphoric acid groups is 1. The van der Waals surface area contributed by atoms with Crippen LogP contribution >= 0.6 is 7.82 Å². The second-order valence-electron chi connectivity index (χ2n) is 11.9. The second kappa shape index (κ2) is 31.4. The Morgan fingerprint density at radius 2 is 1.05 bits per heavy atom. The van der Waals surface area contributed by atoms with Crippen molar-refractivity contribution < 1.29 is 43.0 Å². The SMILES string of the molecule is CCCCCCCCCCCCCCCCCOCC(COP(=O)(O)OCC(O)CO)OC(=O)CCCCCCCCC. The first-order chi connectivity index (χ1) is 20.8. The van der Waals surface area contributed by atoms with E-state index in [1.54, 1.807) is 0 Å². The molecule has 10 heteroatoms. The highest BCUT2D eigenvalue weighted by molar-refractivity contribution is 7.47. The van der Waals surface area contributed by atoms with Crippen LogP contribution in [0.5, 0.6) is 0 Å². The van der Waals surface area contributed by atoms with E-state index in [0.29, 0.717) is 6.61 Å². The largest absolute Gasteiger partial charge is 0.472 e. The van der Waals surface area contributed by atoms with Gasteiger partial charge in [0.2, 0.25) is 0 Å². The molecule has 0 bridgehead atoms. The zero-order valence-corrected chi connectivity index (χ0v) is 28.6. The van der Waals surface area contributed by atoms with Crippen LogP contribution in [0, 0.1) is 0 Å². The lowest BCUT2D eigenvalue weighted by Gasteiger charge is -2.20. The number of hydrogen-bond donors (Lipinski definition) is 3. The highest BCUT2D eigenvalue weighted by Gasteiger charge is 2.26. The van der Waals surface area contributed by atoms with Crippen LogP contribution in [-0.4, -0.2) is 66.3 Å². The molecule has 0 saturated carbocycles. The molecule has 0 saturated heterocycles. The summed E-state index contributed by atoms with van der Waals surface area (Å²) >= 11 is 0. The molecule has 0 amide bonds. The first kappa shape index (κ1) is 42.5. The molecule has 3 atom stereocenters. The molecule has 43 heavy (non-hydrogen) atoms. The minimum Gasteiger partial charge on any atom is -0.457 e. The van der Waals surface area contributed by atoms with Gasteiger partial charge in [-0.3, -0.25) is 13.8 Å². The summed E-state index contributed by atoms with van der Waals surface area (Å²) in [4.78, 5) is 22.3. The van der Waals surface area contributed by atoms with E-state index in [2.05, 4.69) is 13.8 Å². The third-order valence-electron chi connectivity index (χ3n) is 7.54. The predicted molar refractivity (Wildman–Crippen MR) is 173 cm³/mol. The normalized spacial score (nSPS) is 14.4. The molecule has 0 spiro atoms. The van der Waals surface area contributed by atoms with Gasteiger partial charge in [-0.05, 0) is 12.8 Å². The average Bonchev–Trinajstić information content (AvgIpc) is 2.99. The molecule has 0 fully saturated rings. The third kappa shape index (κ3) is 31.2. The van der Waals surface area contributed by atoms with E-state index < -0.39 is 33.2 Å². The maximum absolute atomic E-state index is 12.4. The van der Waals surface area contributed by atoms with Crippen LogP contribution in [0.15, 0.2) is 0 Å². The zero-order chi connectivity index (χ0) is 31.9. The fraction of sp³-hybridized carbons (Fsp3) is 0.970. The maximum Gasteiger partial charge on any atom is 0.472 e. The van der Waals surface area contributed by atoms with Gasteiger partial charge in [0.25, 0.3) is 0 Å². The van der Waals surface area contributed by atoms with E-state index in [0.717, 1.165) is 32.1 Å². The lowest BCUT2D eigenvalue weighted by Crippen LogP contribution is -2.29. The highest BCUT2D eigenvalue weighted by Crippen LogP contribution is 2.43. The Morgan fingerprint density at radius 1 is 0.628 bits per heavy atom. The lowest BCUT2D eigenvalue weighted by atomic mass is 10.0. The molecule has 3 unspecified atom stereocenters. The van der Waals surface area contributed by atoms with Crippen molar-refractivity contribution in [3.8, 4) is 0 Å². The molecular weight excluding hydrogens is 571 g/mol. The van der Waals surface area contributed by atoms with Crippen molar-refractivity contribution in [3.63, 3.8) is 0 Å². The van der Waals surface area contributed by atoms with Gasteiger partial charge < -0.3 is 24.6 Å². The van der Waals surface area contributed by atoms with Crippen LogP contribution in [0.1, 0.15) is 162 Å². The average molecular weight is 639 g/mol. The predicted octanol–water partition coefficient (Wildman–Crippen LogP) is 8.41. The minimum atomic E-state index is -4.49. The molecule has 0 aliphatic heterocycles. The topological polar surface area (TPSA) is 132 Å². The number of rotatable bonds is 34. The van der Waals surface area contributed by atoms with Gasteiger partial charge in [-0.25, -0.2) is 4.57 Å². The summed E-state index contributed by atoms with van der Waals surface area (Å²) in [5, 5.41) is 18.2. The Labute approximate surface area is 263 Å². The van der Waals surface area contributed by atoms with Gasteiger partial charge in [0, 0.05) is 13.0 Å². The second-order valence-corrected chi connectivity index (χ2v) is 13.4. The van der Waals surface area contributed by atoms with Crippen molar-refractivity contribution in [2.75, 3.05) is 33.0 Å². The van der Waals surface area contributed by atoms with Crippen LogP contribution in [0.25, 0.3) is 0 Å². The van der Waals surface area contributed by atoms with E-state index >= 15 is 0 Å². The van der Waals surface area contributed by atoms with Crippen LogP contribution in [0.4, 0.5) is 0 Å². The summed E-state index contributed by atoms with van der Waals surface area (Å²) < 4.78 is 33.0. The Morgan fingerprint density at radius 3 is 1.51 bits per heavy atom. The van der Waals surface area contributed by atoms with E-state index in [4.69, 9.17) is 23.6 Å². The van der Waals surface area contributed by atoms with Crippen LogP contribution in [0.3, 0.4) is 0 Å². The lowest BCUT2D eigenvalue weighted by molar-refractivity contribution is -0.154. The van der Waals surface area contributed by atoms with Crippen molar-refractivity contribution in [2.24, 2.45) is 0 Å². The minimum absolute atomic E-state index is 0.0562. The van der Waals surface area contributed by atoms with E-state index in [-0.39, 0.29) is 25.6 Å². The maximum atomic E-state index is 12.4. The summed E-state index contributed by atoms with van der Waals surface area (Å²) in [5.41, 5.74) is 0. The van der Waals surface area contributed by atoms with Crippen LogP contribution < -0.4 is 0 Å². The van der Waals surface area contributed by atoms with Crippen molar-refractivity contribution >= 4 is 13.8 Å². The number of aliphatic hydroxyl groups excluding tert-OH is 2. The van der Waals surface area contributed by atoms with Crippen molar-refractivity contribution in [1.82, 2.24) is 0 Å². The molecule has 0 aliphatic rings. The molecule has 0 radical (unpaired) electrons. The summed E-state index contributed by atoms with van der Waals surface area (Å²) in [5.74, 6) is -0.387. The molecule has 0 heterocycles. The number of hydrogen-bond acceptors (Lipinski definition) is 8. The first-order valence-corrected chi connectivity index (χ1v) is 19.0. The standard InChI is InChI=1S/C33H67O9P/c1-3-5-7-9-11-12-13-14-15-16-17-18-20-22-24-26-39-29-32(30-41-43(37,38)40-28-31(35)27-34)42-33(36)25-23-21-19-10-8-6-4-2/h31-32,34-35H,3-30H2,1-2H3,(H,37,38). The fourth-order valence-electron chi connectivity index (χ4n) is 4.83. The van der Waals surface area contributed by atoms with Crippen molar-refractivity contribution in [2.45, 2.75) is 174 Å². The molecule has 0 aromatic carbocycles. The summed E-state index contributed by atoms with van der Waals surface area (Å²) in [6, 6.07) is 0. The number of phosphoric ester groups is 1. The zero-order valence-electron chi connectivity index (χ0n) is 27.7. The molecule has 0 aromatic heterocycles. The van der Waals surface area contributed by atoms with Crippen LogP contribution in [0.2, 0.25) is 0 Å². The number of carbonyl (C=O) groups is 1. The Kier molecular flexibility index (Phi) is 31.0. The quantitative estimate of drug-likeness (QED) is 0.0361. The summed E-state index contributed by atoms with van der Waals surface area (Å²) in [7, 11) is -4.49. The van der Waals surface area contributed by atoms with E-state index in [9.17, 15) is 19.4 Å². The summed E-state index contributed by atoms with van der Waals surface area (Å²) in [6.07, 6.45) is 25.1. The number of aliphatic hydroxyl groups is 2. The molecule has 0 aliphatic carbocycles. The Bertz CT molecular complexity index is 650. The third-order valence-corrected chi connectivity index (χ3v) is 8.49. The fourth-order valence-corrected chi connectivity index (χ4v) is 5.61. The van der Waals surface area contributed by atoms with Crippen molar-refractivity contribution in [1.29, 1.82) is 0 Å². The van der Waals surface area contributed by atoms with Gasteiger partial charge in [0.05, 0.1) is 26.4 Å². The molecule has 9 nitrogen and oxygen atoms in total. The Balaban J connectivity index is 4.14. The van der Waals surface area contributed by atoms with Gasteiger partial charge in [0.1, 0.15) is 12.2 Å². The molecule has 0 rings (SSSR count). The number of ether oxygens (including phenoxy) is 2. The van der Waals surface area contributed by atoms with Gasteiger partial charge in [-0.15, -0.1) is 0 Å². The van der Waals surface area contributed by atoms with Gasteiger partial charge >= 0.3 is 13.8 Å². The molecule has 3 N–H and O–H groups in total. The van der Waals surface area contributed by atoms with E-state index in [1.165, 1.54) is 109 Å². The Hall–Kier alpha value is -0.540. The van der Waals surface area contributed by atoms with Gasteiger partial charge in [0.15, 0.2) is 0 Å². The molecule has 258 valence electrons. The molecule has 0 aromatic rings. The summed E-state index contributed by atoms with van der Waals surface area (Å²) in [6.45, 7) is 3.48. The van der Waals surface area contributed by atoms with Gasteiger partial charge in [-0.1, -0.05) is 142 Å². The van der Waals surface area contributed by atoms with E-state index in [1.807, 2.05) is 0 Å². The number of esters is 1. The van der Waals surface area contributed by atoms with Gasteiger partial charge in [-0.2, -0.15) is 0 Å². The van der Waals surface area contributed by atoms with Crippen LogP contribution in [-0.2, 0) is 27.9 Å². The monoisotopic (exact) mass is 638 g/mol. The molecular formula is C33H67O9P. The van der Waals surface area contributed by atoms with Crippen molar-refractivity contribution in [3.05, 3.63) is 0 Å².